The molecule has 0 unspecified atom stereocenters. The predicted octanol–water partition coefficient (Wildman–Crippen LogP) is -0.908. The van der Waals surface area contributed by atoms with Crippen LogP contribution in [0.2, 0.25) is 0 Å². The summed E-state index contributed by atoms with van der Waals surface area (Å²) in [5.41, 5.74) is 6.16. The number of hydrogen-bond acceptors (Lipinski definition) is 6. The Labute approximate surface area is 116 Å². The average molecular weight is 281 g/mol. The molecule has 0 atom stereocenters. The van der Waals surface area contributed by atoms with Crippen molar-refractivity contribution in [2.24, 2.45) is 11.7 Å². The highest BCUT2D eigenvalue weighted by atomic mass is 16.5. The Balaban J connectivity index is 2.03. The molecule has 1 saturated carbocycles. The summed E-state index contributed by atoms with van der Waals surface area (Å²) in [5, 5.41) is 10.4. The van der Waals surface area contributed by atoms with Gasteiger partial charge >= 0.3 is 5.97 Å². The van der Waals surface area contributed by atoms with E-state index in [1.54, 1.807) is 0 Å². The van der Waals surface area contributed by atoms with Crippen LogP contribution in [0, 0.1) is 5.92 Å². The number of carbonyl (C=O) groups excluding carboxylic acids is 2. The third-order valence-electron chi connectivity index (χ3n) is 3.18. The standard InChI is InChI=1S/C12H19N5O3/c1-20-12(19)11-9(4-5-13)17(16-15-11)7-10(18)14-6-8-2-3-8/h8H,2-7,13H2,1H3,(H,14,18). The summed E-state index contributed by atoms with van der Waals surface area (Å²) in [6.07, 6.45) is 2.76. The lowest BCUT2D eigenvalue weighted by molar-refractivity contribution is -0.121. The fourth-order valence-electron chi connectivity index (χ4n) is 1.87. The summed E-state index contributed by atoms with van der Waals surface area (Å²) >= 11 is 0. The van der Waals surface area contributed by atoms with Gasteiger partial charge in [0.05, 0.1) is 12.8 Å². The number of methoxy groups -OCH3 is 1. The number of rotatable bonds is 7. The highest BCUT2D eigenvalue weighted by molar-refractivity contribution is 5.88. The summed E-state index contributed by atoms with van der Waals surface area (Å²) < 4.78 is 6.04. The first-order chi connectivity index (χ1) is 9.65. The van der Waals surface area contributed by atoms with Gasteiger partial charge in [-0.2, -0.15) is 0 Å². The Morgan fingerprint density at radius 3 is 2.85 bits per heavy atom. The van der Waals surface area contributed by atoms with Crippen LogP contribution in [0.5, 0.6) is 0 Å². The molecule has 0 aromatic carbocycles. The van der Waals surface area contributed by atoms with Gasteiger partial charge in [-0.15, -0.1) is 5.10 Å². The van der Waals surface area contributed by atoms with Gasteiger partial charge in [-0.3, -0.25) is 4.79 Å². The van der Waals surface area contributed by atoms with Gasteiger partial charge in [-0.1, -0.05) is 5.21 Å². The van der Waals surface area contributed by atoms with Crippen LogP contribution in [-0.4, -0.2) is 47.1 Å². The van der Waals surface area contributed by atoms with Crippen LogP contribution < -0.4 is 11.1 Å². The fourth-order valence-corrected chi connectivity index (χ4v) is 1.87. The quantitative estimate of drug-likeness (QED) is 0.626. The van der Waals surface area contributed by atoms with E-state index in [1.807, 2.05) is 0 Å². The van der Waals surface area contributed by atoms with E-state index in [2.05, 4.69) is 20.4 Å². The highest BCUT2D eigenvalue weighted by Gasteiger charge is 2.23. The number of esters is 1. The number of carbonyl (C=O) groups is 2. The number of aromatic nitrogens is 3. The molecule has 8 heteroatoms. The molecule has 2 rings (SSSR count). The minimum absolute atomic E-state index is 0.0338. The van der Waals surface area contributed by atoms with E-state index in [4.69, 9.17) is 5.73 Å². The molecule has 1 aromatic heterocycles. The van der Waals surface area contributed by atoms with Crippen LogP contribution in [0.4, 0.5) is 0 Å². The monoisotopic (exact) mass is 281 g/mol. The van der Waals surface area contributed by atoms with Crippen LogP contribution in [0.25, 0.3) is 0 Å². The molecule has 1 amide bonds. The molecule has 1 heterocycles. The van der Waals surface area contributed by atoms with E-state index >= 15 is 0 Å². The highest BCUT2D eigenvalue weighted by Crippen LogP contribution is 2.27. The molecule has 1 aromatic rings. The minimum atomic E-state index is -0.571. The second-order valence-corrected chi connectivity index (χ2v) is 4.82. The molecule has 1 fully saturated rings. The average Bonchev–Trinajstić information content (AvgIpc) is 3.20. The number of nitrogens with zero attached hydrogens (tertiary/aromatic N) is 3. The van der Waals surface area contributed by atoms with E-state index in [0.717, 1.165) is 0 Å². The smallest absolute Gasteiger partial charge is 0.360 e. The van der Waals surface area contributed by atoms with Crippen molar-refractivity contribution in [2.75, 3.05) is 20.2 Å². The third-order valence-corrected chi connectivity index (χ3v) is 3.18. The first-order valence-corrected chi connectivity index (χ1v) is 6.63. The zero-order valence-electron chi connectivity index (χ0n) is 11.5. The first-order valence-electron chi connectivity index (χ1n) is 6.63. The molecule has 0 spiro atoms. The van der Waals surface area contributed by atoms with Gasteiger partial charge in [-0.05, 0) is 25.3 Å². The molecule has 110 valence electrons. The van der Waals surface area contributed by atoms with Crippen molar-refractivity contribution in [3.8, 4) is 0 Å². The van der Waals surface area contributed by atoms with Crippen molar-refractivity contribution < 1.29 is 14.3 Å². The van der Waals surface area contributed by atoms with Gasteiger partial charge in [0, 0.05) is 13.0 Å². The maximum absolute atomic E-state index is 11.8. The molecule has 0 radical (unpaired) electrons. The van der Waals surface area contributed by atoms with Gasteiger partial charge in [0.1, 0.15) is 6.54 Å². The molecule has 0 saturated heterocycles. The molecular formula is C12H19N5O3. The van der Waals surface area contributed by atoms with Crippen LogP contribution in [0.15, 0.2) is 0 Å². The van der Waals surface area contributed by atoms with Crippen LogP contribution in [-0.2, 0) is 22.5 Å². The maximum atomic E-state index is 11.8. The van der Waals surface area contributed by atoms with Gasteiger partial charge in [0.2, 0.25) is 5.91 Å². The third kappa shape index (κ3) is 3.53. The molecule has 3 N–H and O–H groups in total. The van der Waals surface area contributed by atoms with E-state index in [1.165, 1.54) is 24.6 Å². The van der Waals surface area contributed by atoms with E-state index < -0.39 is 5.97 Å². The van der Waals surface area contributed by atoms with Crippen molar-refractivity contribution in [1.29, 1.82) is 0 Å². The SMILES string of the molecule is COC(=O)c1nnn(CC(=O)NCC2CC2)c1CCN. The molecule has 1 aliphatic carbocycles. The summed E-state index contributed by atoms with van der Waals surface area (Å²) in [5.74, 6) is -0.0987. The largest absolute Gasteiger partial charge is 0.464 e. The van der Waals surface area contributed by atoms with Crippen molar-refractivity contribution in [3.05, 3.63) is 11.4 Å². The Kier molecular flexibility index (Phi) is 4.67. The predicted molar refractivity (Wildman–Crippen MR) is 69.9 cm³/mol. The van der Waals surface area contributed by atoms with Gasteiger partial charge in [-0.25, -0.2) is 9.48 Å². The number of nitrogens with one attached hydrogen (secondary N) is 1. The van der Waals surface area contributed by atoms with Crippen LogP contribution in [0.3, 0.4) is 0 Å². The Bertz CT molecular complexity index is 495. The lowest BCUT2D eigenvalue weighted by Gasteiger charge is -2.07. The summed E-state index contributed by atoms with van der Waals surface area (Å²) in [6, 6.07) is 0. The molecule has 1 aliphatic rings. The molecule has 8 nitrogen and oxygen atoms in total. The minimum Gasteiger partial charge on any atom is -0.464 e. The lowest BCUT2D eigenvalue weighted by Crippen LogP contribution is -2.30. The van der Waals surface area contributed by atoms with E-state index in [9.17, 15) is 9.59 Å². The number of amides is 1. The van der Waals surface area contributed by atoms with Crippen LogP contribution in [0.1, 0.15) is 29.0 Å². The van der Waals surface area contributed by atoms with Gasteiger partial charge < -0.3 is 15.8 Å². The summed E-state index contributed by atoms with van der Waals surface area (Å²) in [6.45, 7) is 1.07. The van der Waals surface area contributed by atoms with Crippen molar-refractivity contribution in [3.63, 3.8) is 0 Å². The number of ether oxygens (including phenoxy) is 1. The zero-order valence-corrected chi connectivity index (χ0v) is 11.5. The molecule has 0 bridgehead atoms. The molecule has 0 aliphatic heterocycles. The van der Waals surface area contributed by atoms with Gasteiger partial charge in [0.25, 0.3) is 0 Å². The maximum Gasteiger partial charge on any atom is 0.360 e. The van der Waals surface area contributed by atoms with E-state index in [-0.39, 0.29) is 18.1 Å². The summed E-state index contributed by atoms with van der Waals surface area (Å²) in [7, 11) is 1.27. The second-order valence-electron chi connectivity index (χ2n) is 4.82. The normalized spacial score (nSPS) is 14.1. The summed E-state index contributed by atoms with van der Waals surface area (Å²) in [4.78, 5) is 23.4. The first kappa shape index (κ1) is 14.4. The van der Waals surface area contributed by atoms with Crippen LogP contribution >= 0.6 is 0 Å². The second kappa shape index (κ2) is 6.47. The van der Waals surface area contributed by atoms with Crippen molar-refractivity contribution in [1.82, 2.24) is 20.3 Å². The topological polar surface area (TPSA) is 112 Å². The molecule has 20 heavy (non-hydrogen) atoms. The number of nitrogens with two attached hydrogens (primary N) is 1. The fraction of sp³-hybridized carbons (Fsp3) is 0.667. The number of hydrogen-bond donors (Lipinski definition) is 2. The molecular weight excluding hydrogens is 262 g/mol. The lowest BCUT2D eigenvalue weighted by atomic mass is 10.2. The van der Waals surface area contributed by atoms with E-state index in [0.29, 0.717) is 31.1 Å². The Morgan fingerprint density at radius 2 is 2.25 bits per heavy atom. The Morgan fingerprint density at radius 1 is 1.50 bits per heavy atom. The van der Waals surface area contributed by atoms with Crippen molar-refractivity contribution >= 4 is 11.9 Å². The van der Waals surface area contributed by atoms with Gasteiger partial charge in [0.15, 0.2) is 5.69 Å². The zero-order chi connectivity index (χ0) is 14.5. The Hall–Kier alpha value is -1.96. The van der Waals surface area contributed by atoms with Crippen molar-refractivity contribution in [2.45, 2.75) is 25.8 Å².